The summed E-state index contributed by atoms with van der Waals surface area (Å²) in [5.41, 5.74) is 1.33. The first-order valence-corrected chi connectivity index (χ1v) is 8.11. The Balaban J connectivity index is 2.51. The Morgan fingerprint density at radius 1 is 1.29 bits per heavy atom. The molecule has 0 fully saturated rings. The fourth-order valence-electron chi connectivity index (χ4n) is 2.60. The first kappa shape index (κ1) is 16.5. The van der Waals surface area contributed by atoms with Crippen molar-refractivity contribution in [1.82, 2.24) is 5.32 Å². The first-order chi connectivity index (χ1) is 9.70. The summed E-state index contributed by atoms with van der Waals surface area (Å²) < 4.78 is 20.7. The molecule has 1 aromatic carbocycles. The maximum absolute atomic E-state index is 14.1. The van der Waals surface area contributed by atoms with Crippen LogP contribution in [0.25, 0.3) is 11.0 Å². The minimum Gasteiger partial charge on any atom is -0.456 e. The summed E-state index contributed by atoms with van der Waals surface area (Å²) >= 11 is 3.37. The zero-order valence-corrected chi connectivity index (χ0v) is 14.9. The predicted molar refractivity (Wildman–Crippen MR) is 89.1 cm³/mol. The molecule has 0 aliphatic rings. The van der Waals surface area contributed by atoms with Crippen LogP contribution in [0.5, 0.6) is 0 Å². The van der Waals surface area contributed by atoms with Gasteiger partial charge in [0.1, 0.15) is 5.76 Å². The fourth-order valence-corrected chi connectivity index (χ4v) is 3.03. The van der Waals surface area contributed by atoms with Crippen LogP contribution in [0.1, 0.15) is 45.9 Å². The lowest BCUT2D eigenvalue weighted by Crippen LogP contribution is -2.21. The van der Waals surface area contributed by atoms with Crippen LogP contribution in [-0.4, -0.2) is 6.54 Å². The van der Waals surface area contributed by atoms with Crippen LogP contribution in [0.15, 0.2) is 21.0 Å². The number of furan rings is 1. The number of hydrogen-bond donors (Lipinski definition) is 1. The normalized spacial score (nSPS) is 12.6. The number of hydrogen-bond acceptors (Lipinski definition) is 2. The molecule has 21 heavy (non-hydrogen) atoms. The van der Waals surface area contributed by atoms with Gasteiger partial charge in [0.2, 0.25) is 0 Å². The van der Waals surface area contributed by atoms with E-state index < -0.39 is 0 Å². The minimum absolute atomic E-state index is 0.104. The van der Waals surface area contributed by atoms with Crippen LogP contribution >= 0.6 is 15.9 Å². The van der Waals surface area contributed by atoms with Gasteiger partial charge in [0.25, 0.3) is 0 Å². The molecule has 0 unspecified atom stereocenters. The molecule has 1 aromatic heterocycles. The molecule has 0 bridgehead atoms. The minimum atomic E-state index is -0.319. The molecular formula is C17H23BrFNO. The van der Waals surface area contributed by atoms with Gasteiger partial charge in [-0.15, -0.1) is 0 Å². The number of halogens is 2. The summed E-state index contributed by atoms with van der Waals surface area (Å²) in [4.78, 5) is 0. The Hall–Kier alpha value is -0.870. The van der Waals surface area contributed by atoms with Crippen molar-refractivity contribution in [2.24, 2.45) is 5.92 Å². The highest BCUT2D eigenvalue weighted by Crippen LogP contribution is 2.38. The highest BCUT2D eigenvalue weighted by atomic mass is 79.9. The van der Waals surface area contributed by atoms with Gasteiger partial charge in [0, 0.05) is 15.4 Å². The monoisotopic (exact) mass is 355 g/mol. The number of benzene rings is 1. The van der Waals surface area contributed by atoms with Gasteiger partial charge in [-0.3, -0.25) is 0 Å². The average molecular weight is 356 g/mol. The van der Waals surface area contributed by atoms with Crippen molar-refractivity contribution in [2.45, 2.75) is 46.6 Å². The second kappa shape index (κ2) is 6.09. The van der Waals surface area contributed by atoms with E-state index >= 15 is 0 Å². The number of rotatable bonds is 4. The van der Waals surface area contributed by atoms with Crippen molar-refractivity contribution in [2.75, 3.05) is 6.54 Å². The van der Waals surface area contributed by atoms with Crippen molar-refractivity contribution in [1.29, 1.82) is 0 Å². The van der Waals surface area contributed by atoms with E-state index in [1.807, 2.05) is 6.07 Å². The molecule has 0 aliphatic heterocycles. The Bertz CT molecular complexity index is 640. The lowest BCUT2D eigenvalue weighted by molar-refractivity contribution is 0.457. The van der Waals surface area contributed by atoms with E-state index in [2.05, 4.69) is 55.9 Å². The summed E-state index contributed by atoms with van der Waals surface area (Å²) in [5.74, 6) is 1.08. The van der Waals surface area contributed by atoms with Crippen LogP contribution in [0.2, 0.25) is 0 Å². The van der Waals surface area contributed by atoms with Crippen LogP contribution in [-0.2, 0) is 12.0 Å². The van der Waals surface area contributed by atoms with Crippen molar-refractivity contribution in [3.63, 3.8) is 0 Å². The SMILES string of the molecule is CC(C)CNCc1oc2c(F)cc(Br)cc2c1C(C)(C)C. The number of fused-ring (bicyclic) bond motifs is 1. The zero-order chi connectivity index (χ0) is 15.8. The van der Waals surface area contributed by atoms with E-state index in [-0.39, 0.29) is 11.2 Å². The van der Waals surface area contributed by atoms with Crippen LogP contribution in [0.3, 0.4) is 0 Å². The third-order valence-electron chi connectivity index (χ3n) is 3.37. The molecule has 2 aromatic rings. The summed E-state index contributed by atoms with van der Waals surface area (Å²) in [6, 6.07) is 3.39. The van der Waals surface area contributed by atoms with Gasteiger partial charge in [-0.2, -0.15) is 0 Å². The Morgan fingerprint density at radius 2 is 1.95 bits per heavy atom. The van der Waals surface area contributed by atoms with Gasteiger partial charge >= 0.3 is 0 Å². The maximum atomic E-state index is 14.1. The quantitative estimate of drug-likeness (QED) is 0.796. The molecule has 2 rings (SSSR count). The molecule has 116 valence electrons. The third kappa shape index (κ3) is 3.67. The van der Waals surface area contributed by atoms with Gasteiger partial charge in [-0.25, -0.2) is 4.39 Å². The topological polar surface area (TPSA) is 25.2 Å². The van der Waals surface area contributed by atoms with Crippen LogP contribution in [0.4, 0.5) is 4.39 Å². The second-order valence-corrected chi connectivity index (χ2v) is 7.85. The van der Waals surface area contributed by atoms with Gasteiger partial charge in [0.15, 0.2) is 11.4 Å². The van der Waals surface area contributed by atoms with Crippen molar-refractivity contribution >= 4 is 26.9 Å². The summed E-state index contributed by atoms with van der Waals surface area (Å²) in [6.45, 7) is 12.2. The van der Waals surface area contributed by atoms with Crippen LogP contribution < -0.4 is 5.32 Å². The zero-order valence-electron chi connectivity index (χ0n) is 13.3. The number of nitrogens with one attached hydrogen (secondary N) is 1. The molecule has 2 nitrogen and oxygen atoms in total. The van der Waals surface area contributed by atoms with E-state index in [9.17, 15) is 4.39 Å². The Morgan fingerprint density at radius 3 is 2.52 bits per heavy atom. The Kier molecular flexibility index (Phi) is 4.79. The van der Waals surface area contributed by atoms with Gasteiger partial charge in [-0.1, -0.05) is 50.5 Å². The highest BCUT2D eigenvalue weighted by molar-refractivity contribution is 9.10. The van der Waals surface area contributed by atoms with Gasteiger partial charge in [-0.05, 0) is 30.0 Å². The second-order valence-electron chi connectivity index (χ2n) is 6.94. The van der Waals surface area contributed by atoms with Crippen molar-refractivity contribution in [3.05, 3.63) is 33.7 Å². The molecule has 0 spiro atoms. The summed E-state index contributed by atoms with van der Waals surface area (Å²) in [7, 11) is 0. The Labute approximate surface area is 134 Å². The first-order valence-electron chi connectivity index (χ1n) is 7.31. The van der Waals surface area contributed by atoms with Gasteiger partial charge in [0.05, 0.1) is 6.54 Å². The molecule has 1 heterocycles. The van der Waals surface area contributed by atoms with E-state index in [0.29, 0.717) is 18.0 Å². The highest BCUT2D eigenvalue weighted by Gasteiger charge is 2.26. The molecule has 0 saturated heterocycles. The van der Waals surface area contributed by atoms with Crippen LogP contribution in [0, 0.1) is 11.7 Å². The lowest BCUT2D eigenvalue weighted by atomic mass is 9.84. The molecule has 0 radical (unpaired) electrons. The van der Waals surface area contributed by atoms with E-state index in [0.717, 1.165) is 27.7 Å². The molecule has 0 amide bonds. The fraction of sp³-hybridized carbons (Fsp3) is 0.529. The molecule has 0 atom stereocenters. The third-order valence-corrected chi connectivity index (χ3v) is 3.83. The molecular weight excluding hydrogens is 333 g/mol. The van der Waals surface area contributed by atoms with Gasteiger partial charge < -0.3 is 9.73 Å². The maximum Gasteiger partial charge on any atom is 0.170 e. The molecule has 4 heteroatoms. The largest absolute Gasteiger partial charge is 0.456 e. The standard InChI is InChI=1S/C17H23BrFNO/c1-10(2)8-20-9-14-15(17(3,4)5)12-6-11(18)7-13(19)16(12)21-14/h6-7,10,20H,8-9H2,1-5H3. The molecule has 1 N–H and O–H groups in total. The summed E-state index contributed by atoms with van der Waals surface area (Å²) in [6.07, 6.45) is 0. The average Bonchev–Trinajstić information content (AvgIpc) is 2.66. The smallest absolute Gasteiger partial charge is 0.170 e. The summed E-state index contributed by atoms with van der Waals surface area (Å²) in [5, 5.41) is 4.24. The predicted octanol–water partition coefficient (Wildman–Crippen LogP) is 5.38. The van der Waals surface area contributed by atoms with Crippen molar-refractivity contribution in [3.8, 4) is 0 Å². The van der Waals surface area contributed by atoms with Crippen molar-refractivity contribution < 1.29 is 8.81 Å². The molecule has 0 saturated carbocycles. The lowest BCUT2D eigenvalue weighted by Gasteiger charge is -2.19. The van der Waals surface area contributed by atoms with E-state index in [4.69, 9.17) is 4.42 Å². The van der Waals surface area contributed by atoms with E-state index in [1.54, 1.807) is 0 Å². The molecule has 0 aliphatic carbocycles. The van der Waals surface area contributed by atoms with E-state index in [1.165, 1.54) is 6.07 Å².